The van der Waals surface area contributed by atoms with E-state index >= 15 is 0 Å². The maximum Gasteiger partial charge on any atom is 0.321 e. The first-order valence-corrected chi connectivity index (χ1v) is 12.6. The van der Waals surface area contributed by atoms with Crippen molar-refractivity contribution < 1.29 is 9.90 Å². The fourth-order valence-electron chi connectivity index (χ4n) is 5.42. The second-order valence-electron chi connectivity index (χ2n) is 9.65. The Balaban J connectivity index is 1.32. The van der Waals surface area contributed by atoms with E-state index < -0.39 is 0 Å². The number of aryl methyl sites for hydroxylation is 1. The van der Waals surface area contributed by atoms with Crippen molar-refractivity contribution >= 4 is 11.7 Å². The fourth-order valence-corrected chi connectivity index (χ4v) is 5.42. The van der Waals surface area contributed by atoms with Gasteiger partial charge in [-0.05, 0) is 73.8 Å². The van der Waals surface area contributed by atoms with Crippen LogP contribution in [0.2, 0.25) is 0 Å². The van der Waals surface area contributed by atoms with Crippen LogP contribution in [0.3, 0.4) is 0 Å². The van der Waals surface area contributed by atoms with E-state index in [2.05, 4.69) is 39.2 Å². The number of aliphatic hydroxyl groups excluding tert-OH is 1. The van der Waals surface area contributed by atoms with E-state index in [-0.39, 0.29) is 30.6 Å². The number of nitrogens with one attached hydrogen (secondary N) is 1. The summed E-state index contributed by atoms with van der Waals surface area (Å²) in [5, 5.41) is 13.3. The number of rotatable bonds is 3. The summed E-state index contributed by atoms with van der Waals surface area (Å²) in [5.41, 5.74) is 4.94. The number of carbonyl (C=O) groups excluding carboxylic acids is 1. The third-order valence-electron chi connectivity index (χ3n) is 7.23. The zero-order chi connectivity index (χ0) is 24.9. The Labute approximate surface area is 213 Å². The van der Waals surface area contributed by atoms with Crippen LogP contribution in [0.25, 0.3) is 0 Å². The van der Waals surface area contributed by atoms with Crippen LogP contribution in [0.5, 0.6) is 0 Å². The van der Waals surface area contributed by atoms with Crippen LogP contribution in [0.15, 0.2) is 73.1 Å². The van der Waals surface area contributed by atoms with Crippen LogP contribution < -0.4 is 5.32 Å². The molecule has 6 nitrogen and oxygen atoms in total. The van der Waals surface area contributed by atoms with Crippen LogP contribution in [0.4, 0.5) is 10.5 Å². The first-order valence-electron chi connectivity index (χ1n) is 12.6. The summed E-state index contributed by atoms with van der Waals surface area (Å²) in [4.78, 5) is 21.6. The molecule has 2 amide bonds. The first kappa shape index (κ1) is 24.1. The van der Waals surface area contributed by atoms with Crippen molar-refractivity contribution in [3.8, 4) is 11.8 Å². The molecule has 3 aromatic rings. The highest BCUT2D eigenvalue weighted by Crippen LogP contribution is 2.42. The number of benzene rings is 2. The number of nitrogens with zero attached hydrogens (tertiary/aromatic N) is 3. The van der Waals surface area contributed by atoms with Crippen LogP contribution >= 0.6 is 0 Å². The van der Waals surface area contributed by atoms with Gasteiger partial charge in [0.15, 0.2) is 0 Å². The zero-order valence-corrected chi connectivity index (χ0v) is 20.6. The maximum absolute atomic E-state index is 13.2. The smallest absolute Gasteiger partial charge is 0.321 e. The highest BCUT2D eigenvalue weighted by atomic mass is 16.3. The standard InChI is InChI=1S/C30H32N4O2/c1-22-6-4-8-26(18-22)32-30(36)33-16-2-3-17-34-27(20-33)29(28(34)21-35)25-13-11-23(12-14-25)9-10-24-7-5-15-31-19-24/h4-8,11-15,18-19,27-29,35H,2-3,16-17,20-21H2,1H3,(H,32,36)/t27-,28+,29+/m0/s1. The topological polar surface area (TPSA) is 68.7 Å². The minimum absolute atomic E-state index is 0.0605. The number of aromatic nitrogens is 1. The molecule has 2 aromatic carbocycles. The van der Waals surface area contributed by atoms with Gasteiger partial charge in [0.1, 0.15) is 0 Å². The normalized spacial score (nSPS) is 21.7. The van der Waals surface area contributed by atoms with Crippen LogP contribution in [-0.4, -0.2) is 64.2 Å². The van der Waals surface area contributed by atoms with Gasteiger partial charge in [-0.25, -0.2) is 4.79 Å². The second-order valence-corrected chi connectivity index (χ2v) is 9.65. The Morgan fingerprint density at radius 2 is 1.86 bits per heavy atom. The monoisotopic (exact) mass is 480 g/mol. The maximum atomic E-state index is 13.2. The minimum Gasteiger partial charge on any atom is -0.395 e. The molecule has 2 N–H and O–H groups in total. The SMILES string of the molecule is Cc1cccc(NC(=O)N2CCCCN3[C@H](CO)[C@H](c4ccc(C#Cc5cccnc5)cc4)[C@@H]3C2)c1. The molecule has 0 bridgehead atoms. The summed E-state index contributed by atoms with van der Waals surface area (Å²) in [5.74, 6) is 6.52. The van der Waals surface area contributed by atoms with Gasteiger partial charge in [-0.15, -0.1) is 0 Å². The van der Waals surface area contributed by atoms with E-state index in [1.807, 2.05) is 60.4 Å². The lowest BCUT2D eigenvalue weighted by Gasteiger charge is -2.57. The molecule has 0 radical (unpaired) electrons. The quantitative estimate of drug-likeness (QED) is 0.550. The Kier molecular flexibility index (Phi) is 7.31. The molecule has 36 heavy (non-hydrogen) atoms. The van der Waals surface area contributed by atoms with E-state index in [0.29, 0.717) is 6.54 Å². The van der Waals surface area contributed by atoms with Gasteiger partial charge in [0, 0.05) is 60.3 Å². The van der Waals surface area contributed by atoms with Gasteiger partial charge < -0.3 is 15.3 Å². The molecule has 0 unspecified atom stereocenters. The third-order valence-corrected chi connectivity index (χ3v) is 7.23. The average Bonchev–Trinajstić information content (AvgIpc) is 2.88. The lowest BCUT2D eigenvalue weighted by molar-refractivity contribution is -0.0585. The van der Waals surface area contributed by atoms with Crippen molar-refractivity contribution in [3.63, 3.8) is 0 Å². The van der Waals surface area contributed by atoms with Crippen molar-refractivity contribution in [2.75, 3.05) is 31.6 Å². The van der Waals surface area contributed by atoms with Gasteiger partial charge in [-0.2, -0.15) is 0 Å². The molecule has 2 aliphatic rings. The first-order chi connectivity index (χ1) is 17.6. The fraction of sp³-hybridized carbons (Fsp3) is 0.333. The number of amides is 2. The molecule has 2 fully saturated rings. The number of anilines is 1. The molecule has 0 spiro atoms. The van der Waals surface area contributed by atoms with Gasteiger partial charge >= 0.3 is 6.03 Å². The van der Waals surface area contributed by atoms with Crippen molar-refractivity contribution in [1.29, 1.82) is 0 Å². The predicted molar refractivity (Wildman–Crippen MR) is 142 cm³/mol. The number of pyridine rings is 1. The molecular weight excluding hydrogens is 448 g/mol. The lowest BCUT2D eigenvalue weighted by Crippen LogP contribution is -2.68. The van der Waals surface area contributed by atoms with Gasteiger partial charge in [-0.1, -0.05) is 36.1 Å². The summed E-state index contributed by atoms with van der Waals surface area (Å²) in [6.45, 7) is 4.46. The highest BCUT2D eigenvalue weighted by molar-refractivity contribution is 5.89. The van der Waals surface area contributed by atoms with Crippen molar-refractivity contribution in [1.82, 2.24) is 14.8 Å². The summed E-state index contributed by atoms with van der Waals surface area (Å²) in [6, 6.07) is 20.2. The number of hydrogen-bond acceptors (Lipinski definition) is 4. The van der Waals surface area contributed by atoms with Gasteiger partial charge in [0.05, 0.1) is 6.61 Å². The molecule has 5 rings (SSSR count). The predicted octanol–water partition coefficient (Wildman–Crippen LogP) is 4.25. The molecule has 6 heteroatoms. The van der Waals surface area contributed by atoms with E-state index in [9.17, 15) is 9.90 Å². The third kappa shape index (κ3) is 5.28. The molecule has 184 valence electrons. The Hall–Kier alpha value is -3.66. The number of aliphatic hydroxyl groups is 1. The molecule has 2 saturated heterocycles. The molecule has 3 atom stereocenters. The van der Waals surface area contributed by atoms with Crippen molar-refractivity contribution in [3.05, 3.63) is 95.3 Å². The van der Waals surface area contributed by atoms with Crippen LogP contribution in [0.1, 0.15) is 41.0 Å². The second kappa shape index (κ2) is 10.9. The highest BCUT2D eigenvalue weighted by Gasteiger charge is 2.49. The molecule has 3 heterocycles. The summed E-state index contributed by atoms with van der Waals surface area (Å²) >= 11 is 0. The molecule has 1 aromatic heterocycles. The zero-order valence-electron chi connectivity index (χ0n) is 20.6. The molecule has 0 aliphatic carbocycles. The van der Waals surface area contributed by atoms with Gasteiger partial charge in [-0.3, -0.25) is 9.88 Å². The van der Waals surface area contributed by atoms with Crippen molar-refractivity contribution in [2.45, 2.75) is 37.8 Å². The van der Waals surface area contributed by atoms with E-state index in [1.54, 1.807) is 12.4 Å². The number of fused-ring (bicyclic) bond motifs is 1. The van der Waals surface area contributed by atoms with Gasteiger partial charge in [0.25, 0.3) is 0 Å². The molecular formula is C30H32N4O2. The van der Waals surface area contributed by atoms with E-state index in [0.717, 1.165) is 48.3 Å². The Bertz CT molecular complexity index is 1250. The minimum atomic E-state index is -0.0605. The summed E-state index contributed by atoms with van der Waals surface area (Å²) in [7, 11) is 0. The van der Waals surface area contributed by atoms with Crippen molar-refractivity contribution in [2.24, 2.45) is 0 Å². The largest absolute Gasteiger partial charge is 0.395 e. The number of carbonyl (C=O) groups is 1. The Morgan fingerprint density at radius 3 is 2.61 bits per heavy atom. The summed E-state index contributed by atoms with van der Waals surface area (Å²) < 4.78 is 0. The average molecular weight is 481 g/mol. The van der Waals surface area contributed by atoms with E-state index in [4.69, 9.17) is 0 Å². The summed E-state index contributed by atoms with van der Waals surface area (Å²) in [6.07, 6.45) is 5.46. The number of hydrogen-bond donors (Lipinski definition) is 2. The lowest BCUT2D eigenvalue weighted by atomic mass is 9.74. The van der Waals surface area contributed by atoms with E-state index in [1.165, 1.54) is 5.56 Å². The van der Waals surface area contributed by atoms with Crippen LogP contribution in [0, 0.1) is 18.8 Å². The Morgan fingerprint density at radius 1 is 1.06 bits per heavy atom. The van der Waals surface area contributed by atoms with Crippen LogP contribution in [-0.2, 0) is 0 Å². The number of urea groups is 1. The van der Waals surface area contributed by atoms with Gasteiger partial charge in [0.2, 0.25) is 0 Å². The molecule has 2 aliphatic heterocycles. The molecule has 0 saturated carbocycles.